The standard InChI is InChI=1S/C20H19FN2O3S2/c1-12(2)27-15-6-4-5-13(9-15)19(25)22-20-23(11-18(24)26-3)16-8-7-14(21)10-17(16)28-20/h4-10,12H,11H2,1-3H3. The molecule has 0 saturated carbocycles. The van der Waals surface area contributed by atoms with Gasteiger partial charge in [0.15, 0.2) is 4.80 Å². The number of rotatable bonds is 5. The lowest BCUT2D eigenvalue weighted by Gasteiger charge is -2.06. The molecule has 0 spiro atoms. The van der Waals surface area contributed by atoms with Crippen LogP contribution >= 0.6 is 23.1 Å². The van der Waals surface area contributed by atoms with Crippen LogP contribution in [0.3, 0.4) is 0 Å². The minimum absolute atomic E-state index is 0.114. The molecule has 28 heavy (non-hydrogen) atoms. The highest BCUT2D eigenvalue weighted by Crippen LogP contribution is 2.24. The maximum absolute atomic E-state index is 13.6. The number of esters is 1. The van der Waals surface area contributed by atoms with E-state index in [-0.39, 0.29) is 6.54 Å². The Hall–Kier alpha value is -2.45. The topological polar surface area (TPSA) is 60.7 Å². The van der Waals surface area contributed by atoms with Crippen molar-refractivity contribution in [1.82, 2.24) is 4.57 Å². The minimum Gasteiger partial charge on any atom is -0.468 e. The van der Waals surface area contributed by atoms with Crippen LogP contribution in [0, 0.1) is 5.82 Å². The molecule has 2 aromatic carbocycles. The van der Waals surface area contributed by atoms with E-state index in [9.17, 15) is 14.0 Å². The first-order valence-corrected chi connectivity index (χ1v) is 10.3. The van der Waals surface area contributed by atoms with Crippen molar-refractivity contribution in [3.63, 3.8) is 0 Å². The van der Waals surface area contributed by atoms with Crippen LogP contribution in [0.1, 0.15) is 24.2 Å². The highest BCUT2D eigenvalue weighted by molar-refractivity contribution is 7.99. The van der Waals surface area contributed by atoms with Gasteiger partial charge in [0.2, 0.25) is 0 Å². The van der Waals surface area contributed by atoms with Crippen LogP contribution in [0.25, 0.3) is 10.2 Å². The van der Waals surface area contributed by atoms with Gasteiger partial charge in [-0.15, -0.1) is 11.8 Å². The summed E-state index contributed by atoms with van der Waals surface area (Å²) in [6.07, 6.45) is 0. The first kappa shape index (κ1) is 20.3. The van der Waals surface area contributed by atoms with Crippen LogP contribution in [-0.4, -0.2) is 28.8 Å². The molecule has 5 nitrogen and oxygen atoms in total. The molecule has 146 valence electrons. The van der Waals surface area contributed by atoms with Crippen molar-refractivity contribution in [2.24, 2.45) is 4.99 Å². The Morgan fingerprint density at radius 1 is 1.25 bits per heavy atom. The van der Waals surface area contributed by atoms with Crippen molar-refractivity contribution >= 4 is 45.2 Å². The molecular formula is C20H19FN2O3S2. The Kier molecular flexibility index (Phi) is 6.31. The van der Waals surface area contributed by atoms with E-state index in [2.05, 4.69) is 18.8 Å². The summed E-state index contributed by atoms with van der Waals surface area (Å²) in [7, 11) is 1.29. The lowest BCUT2D eigenvalue weighted by Crippen LogP contribution is -2.22. The minimum atomic E-state index is -0.478. The Bertz CT molecular complexity index is 1100. The number of thiazole rings is 1. The largest absolute Gasteiger partial charge is 0.468 e. The van der Waals surface area contributed by atoms with Crippen LogP contribution in [-0.2, 0) is 16.1 Å². The summed E-state index contributed by atoms with van der Waals surface area (Å²) >= 11 is 2.81. The molecule has 0 bridgehead atoms. The number of benzene rings is 2. The lowest BCUT2D eigenvalue weighted by molar-refractivity contribution is -0.141. The zero-order chi connectivity index (χ0) is 20.3. The third-order valence-corrected chi connectivity index (χ3v) is 5.85. The number of carbonyl (C=O) groups is 2. The maximum atomic E-state index is 13.6. The summed E-state index contributed by atoms with van der Waals surface area (Å²) in [4.78, 5) is 30.0. The molecule has 1 heterocycles. The van der Waals surface area contributed by atoms with Gasteiger partial charge in [0.1, 0.15) is 12.4 Å². The van der Waals surface area contributed by atoms with Gasteiger partial charge < -0.3 is 9.30 Å². The van der Waals surface area contributed by atoms with E-state index in [1.807, 2.05) is 12.1 Å². The van der Waals surface area contributed by atoms with Gasteiger partial charge in [-0.05, 0) is 36.4 Å². The van der Waals surface area contributed by atoms with Crippen LogP contribution in [0.4, 0.5) is 4.39 Å². The Labute approximate surface area is 169 Å². The van der Waals surface area contributed by atoms with Crippen molar-refractivity contribution in [3.8, 4) is 0 Å². The van der Waals surface area contributed by atoms with E-state index in [1.165, 1.54) is 19.2 Å². The van der Waals surface area contributed by atoms with Gasteiger partial charge >= 0.3 is 5.97 Å². The molecule has 3 aromatic rings. The van der Waals surface area contributed by atoms with Gasteiger partial charge in [0, 0.05) is 15.7 Å². The monoisotopic (exact) mass is 418 g/mol. The zero-order valence-corrected chi connectivity index (χ0v) is 17.3. The first-order valence-electron chi connectivity index (χ1n) is 8.59. The maximum Gasteiger partial charge on any atom is 0.325 e. The fourth-order valence-electron chi connectivity index (χ4n) is 2.60. The zero-order valence-electron chi connectivity index (χ0n) is 15.6. The molecule has 1 amide bonds. The molecule has 0 fully saturated rings. The second kappa shape index (κ2) is 8.70. The van der Waals surface area contributed by atoms with Gasteiger partial charge in [-0.2, -0.15) is 4.99 Å². The number of hydrogen-bond donors (Lipinski definition) is 0. The highest BCUT2D eigenvalue weighted by atomic mass is 32.2. The number of carbonyl (C=O) groups excluding carboxylic acids is 2. The number of methoxy groups -OCH3 is 1. The molecule has 0 N–H and O–H groups in total. The summed E-state index contributed by atoms with van der Waals surface area (Å²) < 4.78 is 20.5. The van der Waals surface area contributed by atoms with Crippen LogP contribution in [0.5, 0.6) is 0 Å². The summed E-state index contributed by atoms with van der Waals surface area (Å²) in [6, 6.07) is 11.5. The molecular weight excluding hydrogens is 399 g/mol. The number of hydrogen-bond acceptors (Lipinski definition) is 5. The molecule has 3 rings (SSSR count). The fraction of sp³-hybridized carbons (Fsp3) is 0.250. The summed E-state index contributed by atoms with van der Waals surface area (Å²) in [5, 5.41) is 0.391. The SMILES string of the molecule is COC(=O)Cn1c(=NC(=O)c2cccc(SC(C)C)c2)sc2cc(F)ccc21. The smallest absolute Gasteiger partial charge is 0.325 e. The lowest BCUT2D eigenvalue weighted by atomic mass is 10.2. The molecule has 0 aliphatic heterocycles. The van der Waals surface area contributed by atoms with E-state index in [4.69, 9.17) is 4.74 Å². The number of aromatic nitrogens is 1. The summed E-state index contributed by atoms with van der Waals surface area (Å²) in [5.41, 5.74) is 1.08. The van der Waals surface area contributed by atoms with Gasteiger partial charge in [-0.3, -0.25) is 9.59 Å². The Balaban J connectivity index is 2.06. The third-order valence-electron chi connectivity index (χ3n) is 3.81. The van der Waals surface area contributed by atoms with Crippen molar-refractivity contribution in [1.29, 1.82) is 0 Å². The predicted octanol–water partition coefficient (Wildman–Crippen LogP) is 4.26. The first-order chi connectivity index (χ1) is 13.4. The Morgan fingerprint density at radius 2 is 2.04 bits per heavy atom. The molecule has 0 aliphatic rings. The van der Waals surface area contributed by atoms with Crippen molar-refractivity contribution in [2.45, 2.75) is 30.5 Å². The number of halogens is 1. The Morgan fingerprint density at radius 3 is 2.75 bits per heavy atom. The summed E-state index contributed by atoms with van der Waals surface area (Å²) in [5.74, 6) is -1.29. The van der Waals surface area contributed by atoms with Gasteiger partial charge in [0.05, 0.1) is 17.3 Å². The molecule has 0 aliphatic carbocycles. The molecule has 0 radical (unpaired) electrons. The van der Waals surface area contributed by atoms with Gasteiger partial charge in [-0.1, -0.05) is 31.3 Å². The molecule has 8 heteroatoms. The number of thioether (sulfide) groups is 1. The van der Waals surface area contributed by atoms with E-state index in [1.54, 1.807) is 34.5 Å². The van der Waals surface area contributed by atoms with E-state index < -0.39 is 17.7 Å². The summed E-state index contributed by atoms with van der Waals surface area (Å²) in [6.45, 7) is 4.04. The molecule has 0 saturated heterocycles. The third kappa shape index (κ3) is 4.69. The number of ether oxygens (including phenoxy) is 1. The normalized spacial score (nSPS) is 12.0. The number of fused-ring (bicyclic) bond motifs is 1. The van der Waals surface area contributed by atoms with E-state index in [0.29, 0.717) is 25.8 Å². The number of nitrogens with zero attached hydrogens (tertiary/aromatic N) is 2. The van der Waals surface area contributed by atoms with Gasteiger partial charge in [0.25, 0.3) is 5.91 Å². The van der Waals surface area contributed by atoms with Gasteiger partial charge in [-0.25, -0.2) is 4.39 Å². The predicted molar refractivity (Wildman–Crippen MR) is 109 cm³/mol. The average molecular weight is 419 g/mol. The quantitative estimate of drug-likeness (QED) is 0.459. The van der Waals surface area contributed by atoms with E-state index >= 15 is 0 Å². The molecule has 0 unspecified atom stereocenters. The second-order valence-electron chi connectivity index (χ2n) is 6.27. The van der Waals surface area contributed by atoms with Crippen LogP contribution in [0.2, 0.25) is 0 Å². The second-order valence-corrected chi connectivity index (χ2v) is 8.93. The fourth-order valence-corrected chi connectivity index (χ4v) is 4.55. The van der Waals surface area contributed by atoms with Crippen molar-refractivity contribution in [2.75, 3.05) is 7.11 Å². The van der Waals surface area contributed by atoms with Crippen molar-refractivity contribution < 1.29 is 18.7 Å². The molecule has 1 aromatic heterocycles. The highest BCUT2D eigenvalue weighted by Gasteiger charge is 2.13. The molecule has 0 atom stereocenters. The van der Waals surface area contributed by atoms with E-state index in [0.717, 1.165) is 16.2 Å². The van der Waals surface area contributed by atoms with Crippen LogP contribution in [0.15, 0.2) is 52.4 Å². The number of amides is 1. The van der Waals surface area contributed by atoms with Crippen LogP contribution < -0.4 is 4.80 Å². The van der Waals surface area contributed by atoms with Crippen molar-refractivity contribution in [3.05, 3.63) is 58.6 Å². The average Bonchev–Trinajstić information content (AvgIpc) is 2.97.